The fraction of sp³-hybridized carbons (Fsp3) is 0.800. The molecule has 1 saturated carbocycles. The van der Waals surface area contributed by atoms with E-state index in [0.717, 1.165) is 19.3 Å². The number of likely N-dealkylation sites (tertiary alicyclic amines) is 2. The zero-order valence-corrected chi connectivity index (χ0v) is 12.3. The van der Waals surface area contributed by atoms with Gasteiger partial charge in [-0.3, -0.25) is 9.59 Å². The molecule has 6 nitrogen and oxygen atoms in total. The molecule has 0 radical (unpaired) electrons. The predicted octanol–water partition coefficient (Wildman–Crippen LogP) is 0.566. The molecule has 2 saturated heterocycles. The Morgan fingerprint density at radius 2 is 2.05 bits per heavy atom. The maximum absolute atomic E-state index is 12.7. The summed E-state index contributed by atoms with van der Waals surface area (Å²) in [6.07, 6.45) is 3.20. The summed E-state index contributed by atoms with van der Waals surface area (Å²) < 4.78 is 0. The molecule has 2 amide bonds. The van der Waals surface area contributed by atoms with Crippen LogP contribution in [0.15, 0.2) is 0 Å². The molecule has 0 bridgehead atoms. The van der Waals surface area contributed by atoms with Crippen molar-refractivity contribution < 1.29 is 19.5 Å². The summed E-state index contributed by atoms with van der Waals surface area (Å²) in [5, 5.41) is 9.50. The van der Waals surface area contributed by atoms with Gasteiger partial charge in [-0.05, 0) is 31.6 Å². The number of carboxylic acid groups (broad SMARTS) is 1. The van der Waals surface area contributed by atoms with Crippen LogP contribution in [0.4, 0.5) is 0 Å². The smallest absolute Gasteiger partial charge is 0.326 e. The molecule has 3 rings (SSSR count). The van der Waals surface area contributed by atoms with E-state index in [9.17, 15) is 19.5 Å². The summed E-state index contributed by atoms with van der Waals surface area (Å²) in [4.78, 5) is 39.3. The maximum Gasteiger partial charge on any atom is 0.326 e. The first-order chi connectivity index (χ1) is 10.0. The standard InChI is InChI=1S/C15H22N2O4/c1-2-16-7-10(6-12(16)18)14(19)17-8-9-4-3-5-11(9)13(17)15(20)21/h9-11,13H,2-8H2,1H3,(H,20,21). The minimum absolute atomic E-state index is 0.00196. The van der Waals surface area contributed by atoms with Gasteiger partial charge in [0.15, 0.2) is 0 Å². The molecule has 1 aliphatic carbocycles. The largest absolute Gasteiger partial charge is 0.480 e. The van der Waals surface area contributed by atoms with Gasteiger partial charge >= 0.3 is 5.97 Å². The molecule has 0 aromatic carbocycles. The number of carbonyl (C=O) groups excluding carboxylic acids is 2. The third-order valence-electron chi connectivity index (χ3n) is 5.37. The first-order valence-electron chi connectivity index (χ1n) is 7.84. The highest BCUT2D eigenvalue weighted by atomic mass is 16.4. The Balaban J connectivity index is 1.75. The molecule has 4 atom stereocenters. The van der Waals surface area contributed by atoms with E-state index >= 15 is 0 Å². The van der Waals surface area contributed by atoms with E-state index in [4.69, 9.17) is 0 Å². The summed E-state index contributed by atoms with van der Waals surface area (Å²) in [5.41, 5.74) is 0. The van der Waals surface area contributed by atoms with E-state index in [1.165, 1.54) is 0 Å². The number of hydrogen-bond acceptors (Lipinski definition) is 3. The Morgan fingerprint density at radius 1 is 1.29 bits per heavy atom. The number of amides is 2. The lowest BCUT2D eigenvalue weighted by Gasteiger charge is -2.26. The molecular weight excluding hydrogens is 272 g/mol. The molecule has 0 aromatic rings. The minimum atomic E-state index is -0.894. The van der Waals surface area contributed by atoms with Gasteiger partial charge in [-0.1, -0.05) is 6.42 Å². The van der Waals surface area contributed by atoms with Crippen LogP contribution in [-0.2, 0) is 14.4 Å². The summed E-state index contributed by atoms with van der Waals surface area (Å²) in [6, 6.07) is -0.684. The number of carboxylic acids is 1. The molecule has 2 aliphatic heterocycles. The third-order valence-corrected chi connectivity index (χ3v) is 5.37. The van der Waals surface area contributed by atoms with Crippen LogP contribution < -0.4 is 0 Å². The fourth-order valence-electron chi connectivity index (χ4n) is 4.33. The van der Waals surface area contributed by atoms with E-state index < -0.39 is 12.0 Å². The van der Waals surface area contributed by atoms with Crippen molar-refractivity contribution in [3.8, 4) is 0 Å². The Hall–Kier alpha value is -1.59. The molecule has 6 heteroatoms. The first kappa shape index (κ1) is 14.4. The van der Waals surface area contributed by atoms with Crippen molar-refractivity contribution in [2.75, 3.05) is 19.6 Å². The van der Waals surface area contributed by atoms with Crippen molar-refractivity contribution in [3.63, 3.8) is 0 Å². The first-order valence-corrected chi connectivity index (χ1v) is 7.84. The Bertz CT molecular complexity index is 478. The normalized spacial score (nSPS) is 35.4. The predicted molar refractivity (Wildman–Crippen MR) is 74.3 cm³/mol. The molecular formula is C15H22N2O4. The number of aliphatic carboxylic acids is 1. The van der Waals surface area contributed by atoms with Gasteiger partial charge in [-0.15, -0.1) is 0 Å². The molecule has 3 fully saturated rings. The lowest BCUT2D eigenvalue weighted by atomic mass is 9.94. The summed E-state index contributed by atoms with van der Waals surface area (Å²) >= 11 is 0. The average Bonchev–Trinajstić information content (AvgIpc) is 3.09. The van der Waals surface area contributed by atoms with E-state index in [1.807, 2.05) is 6.92 Å². The second-order valence-corrected chi connectivity index (χ2v) is 6.46. The zero-order valence-electron chi connectivity index (χ0n) is 12.3. The van der Waals surface area contributed by atoms with Crippen LogP contribution in [0.25, 0.3) is 0 Å². The Labute approximate surface area is 124 Å². The van der Waals surface area contributed by atoms with Gasteiger partial charge in [0, 0.05) is 26.1 Å². The van der Waals surface area contributed by atoms with Crippen LogP contribution >= 0.6 is 0 Å². The summed E-state index contributed by atoms with van der Waals surface area (Å²) in [6.45, 7) is 3.49. The number of hydrogen-bond donors (Lipinski definition) is 1. The monoisotopic (exact) mass is 294 g/mol. The van der Waals surface area contributed by atoms with Gasteiger partial charge in [0.1, 0.15) is 6.04 Å². The van der Waals surface area contributed by atoms with Crippen molar-refractivity contribution in [3.05, 3.63) is 0 Å². The van der Waals surface area contributed by atoms with Crippen molar-refractivity contribution >= 4 is 17.8 Å². The molecule has 116 valence electrons. The fourth-order valence-corrected chi connectivity index (χ4v) is 4.33. The number of rotatable bonds is 3. The average molecular weight is 294 g/mol. The van der Waals surface area contributed by atoms with Gasteiger partial charge in [0.2, 0.25) is 11.8 Å². The SMILES string of the molecule is CCN1CC(C(=O)N2CC3CCCC3C2C(=O)O)CC1=O. The highest BCUT2D eigenvalue weighted by Crippen LogP contribution is 2.43. The molecule has 1 N–H and O–H groups in total. The molecule has 3 aliphatic rings. The van der Waals surface area contributed by atoms with E-state index in [1.54, 1.807) is 9.80 Å². The number of nitrogens with zero attached hydrogens (tertiary/aromatic N) is 2. The Morgan fingerprint density at radius 3 is 2.67 bits per heavy atom. The minimum Gasteiger partial charge on any atom is -0.480 e. The third kappa shape index (κ3) is 2.30. The van der Waals surface area contributed by atoms with Gasteiger partial charge in [-0.25, -0.2) is 4.79 Å². The van der Waals surface area contributed by atoms with Crippen molar-refractivity contribution in [1.29, 1.82) is 0 Å². The van der Waals surface area contributed by atoms with E-state index in [-0.39, 0.29) is 30.1 Å². The quantitative estimate of drug-likeness (QED) is 0.825. The van der Waals surface area contributed by atoms with Crippen molar-refractivity contribution in [1.82, 2.24) is 9.80 Å². The number of carbonyl (C=O) groups is 3. The highest BCUT2D eigenvalue weighted by molar-refractivity contribution is 5.91. The van der Waals surface area contributed by atoms with Crippen LogP contribution in [0, 0.1) is 17.8 Å². The molecule has 0 aromatic heterocycles. The molecule has 21 heavy (non-hydrogen) atoms. The maximum atomic E-state index is 12.7. The van der Waals surface area contributed by atoms with Crippen LogP contribution in [0.1, 0.15) is 32.6 Å². The van der Waals surface area contributed by atoms with Gasteiger partial charge in [0.25, 0.3) is 0 Å². The summed E-state index contributed by atoms with van der Waals surface area (Å²) in [5.74, 6) is -0.962. The highest BCUT2D eigenvalue weighted by Gasteiger charge is 2.51. The lowest BCUT2D eigenvalue weighted by molar-refractivity contribution is -0.151. The second-order valence-electron chi connectivity index (χ2n) is 6.46. The van der Waals surface area contributed by atoms with E-state index in [0.29, 0.717) is 25.6 Å². The van der Waals surface area contributed by atoms with Crippen LogP contribution in [0.2, 0.25) is 0 Å². The van der Waals surface area contributed by atoms with Gasteiger partial charge < -0.3 is 14.9 Å². The number of fused-ring (bicyclic) bond motifs is 1. The summed E-state index contributed by atoms with van der Waals surface area (Å²) in [7, 11) is 0. The van der Waals surface area contributed by atoms with Gasteiger partial charge in [-0.2, -0.15) is 0 Å². The Kier molecular flexibility index (Phi) is 3.63. The van der Waals surface area contributed by atoms with Crippen LogP contribution in [-0.4, -0.2) is 58.4 Å². The van der Waals surface area contributed by atoms with Crippen molar-refractivity contribution in [2.45, 2.75) is 38.6 Å². The van der Waals surface area contributed by atoms with Crippen molar-refractivity contribution in [2.24, 2.45) is 17.8 Å². The molecule has 4 unspecified atom stereocenters. The van der Waals surface area contributed by atoms with E-state index in [2.05, 4.69) is 0 Å². The topological polar surface area (TPSA) is 77.9 Å². The molecule has 2 heterocycles. The second kappa shape index (κ2) is 5.31. The zero-order chi connectivity index (χ0) is 15.1. The van der Waals surface area contributed by atoms with Crippen LogP contribution in [0.5, 0.6) is 0 Å². The van der Waals surface area contributed by atoms with Crippen LogP contribution in [0.3, 0.4) is 0 Å². The lowest BCUT2D eigenvalue weighted by Crippen LogP contribution is -2.46. The molecule has 0 spiro atoms. The van der Waals surface area contributed by atoms with Gasteiger partial charge in [0.05, 0.1) is 5.92 Å².